The van der Waals surface area contributed by atoms with Gasteiger partial charge in [-0.2, -0.15) is 0 Å². The Balaban J connectivity index is 0.000000215. The predicted molar refractivity (Wildman–Crippen MR) is 147 cm³/mol. The second-order valence-corrected chi connectivity index (χ2v) is 11.2. The normalized spacial score (nSPS) is 21.0. The quantitative estimate of drug-likeness (QED) is 0.407. The zero-order chi connectivity index (χ0) is 22.6. The Kier molecular flexibility index (Phi) is 10.3. The van der Waals surface area contributed by atoms with Gasteiger partial charge in [0.05, 0.1) is 10.0 Å². The zero-order valence-corrected chi connectivity index (χ0v) is 22.7. The standard InChI is InChI=1S/C18H25Cl2N.C10H11Cl.ClH/c1-21-17(13-6-3-2-4-7-13)18(10-5-11-18)14-8-9-15(19)16(20)12-14;11-10-6-4-9(5-7-10)8-2-1-3-8;/h8-9,12-13,17,21H,2-7,10-11H2,1H3;4-8H,1-3H2;1H. The Labute approximate surface area is 221 Å². The molecule has 1 N–H and O–H groups in total. The molecule has 33 heavy (non-hydrogen) atoms. The molecule has 2 aromatic rings. The van der Waals surface area contributed by atoms with Crippen LogP contribution in [0.5, 0.6) is 0 Å². The average Bonchev–Trinajstić information content (AvgIpc) is 2.74. The molecule has 5 rings (SSSR count). The van der Waals surface area contributed by atoms with Crippen molar-refractivity contribution in [3.8, 4) is 0 Å². The van der Waals surface area contributed by atoms with Gasteiger partial charge in [0, 0.05) is 16.5 Å². The molecule has 182 valence electrons. The summed E-state index contributed by atoms with van der Waals surface area (Å²) >= 11 is 18.2. The Morgan fingerprint density at radius 3 is 1.94 bits per heavy atom. The lowest BCUT2D eigenvalue weighted by Crippen LogP contribution is -2.55. The Bertz CT molecular complexity index is 868. The molecule has 0 aliphatic heterocycles. The summed E-state index contributed by atoms with van der Waals surface area (Å²) in [6, 6.07) is 15.1. The van der Waals surface area contributed by atoms with E-state index < -0.39 is 0 Å². The third-order valence-electron chi connectivity index (χ3n) is 8.21. The first-order valence-corrected chi connectivity index (χ1v) is 13.5. The Morgan fingerprint density at radius 1 is 0.788 bits per heavy atom. The topological polar surface area (TPSA) is 12.0 Å². The van der Waals surface area contributed by atoms with Gasteiger partial charge in [-0.25, -0.2) is 0 Å². The minimum absolute atomic E-state index is 0. The molecule has 1 atom stereocenters. The molecule has 3 fully saturated rings. The molecule has 3 aliphatic carbocycles. The first-order valence-electron chi connectivity index (χ1n) is 12.4. The molecule has 0 heterocycles. The van der Waals surface area contributed by atoms with Crippen LogP contribution in [-0.2, 0) is 5.41 Å². The summed E-state index contributed by atoms with van der Waals surface area (Å²) < 4.78 is 0. The number of halogens is 4. The van der Waals surface area contributed by atoms with E-state index in [4.69, 9.17) is 34.8 Å². The van der Waals surface area contributed by atoms with Crippen LogP contribution in [0.2, 0.25) is 15.1 Å². The van der Waals surface area contributed by atoms with Gasteiger partial charge < -0.3 is 5.32 Å². The Morgan fingerprint density at radius 2 is 1.45 bits per heavy atom. The molecular formula is C28H37Cl4N. The van der Waals surface area contributed by atoms with Crippen molar-refractivity contribution < 1.29 is 0 Å². The van der Waals surface area contributed by atoms with Crippen molar-refractivity contribution in [1.82, 2.24) is 5.32 Å². The third kappa shape index (κ3) is 6.22. The number of nitrogens with one attached hydrogen (secondary N) is 1. The lowest BCUT2D eigenvalue weighted by Gasteiger charge is -2.52. The van der Waals surface area contributed by atoms with E-state index in [9.17, 15) is 0 Å². The van der Waals surface area contributed by atoms with Gasteiger partial charge in [-0.3, -0.25) is 0 Å². The molecule has 3 aliphatic rings. The van der Waals surface area contributed by atoms with Gasteiger partial charge in [0.25, 0.3) is 0 Å². The van der Waals surface area contributed by atoms with E-state index in [0.717, 1.165) is 16.9 Å². The van der Waals surface area contributed by atoms with Gasteiger partial charge in [0.2, 0.25) is 0 Å². The summed E-state index contributed by atoms with van der Waals surface area (Å²) in [6.07, 6.45) is 14.9. The van der Waals surface area contributed by atoms with Crippen molar-refractivity contribution >= 4 is 47.2 Å². The van der Waals surface area contributed by atoms with Crippen LogP contribution in [-0.4, -0.2) is 13.1 Å². The van der Waals surface area contributed by atoms with Gasteiger partial charge in [-0.05, 0) is 92.8 Å². The van der Waals surface area contributed by atoms with Crippen LogP contribution in [0.15, 0.2) is 42.5 Å². The lowest BCUT2D eigenvalue weighted by molar-refractivity contribution is 0.111. The minimum Gasteiger partial charge on any atom is -0.316 e. The highest BCUT2D eigenvalue weighted by Crippen LogP contribution is 2.51. The second kappa shape index (κ2) is 12.5. The molecule has 0 bridgehead atoms. The molecule has 3 saturated carbocycles. The number of benzene rings is 2. The van der Waals surface area contributed by atoms with Crippen molar-refractivity contribution in [3.05, 3.63) is 68.7 Å². The number of rotatable bonds is 5. The minimum atomic E-state index is 0. The summed E-state index contributed by atoms with van der Waals surface area (Å²) in [5.74, 6) is 1.63. The maximum Gasteiger partial charge on any atom is 0.0595 e. The SMILES string of the molecule is CNC(C1CCCCC1)C1(c2ccc(Cl)c(Cl)c2)CCC1.Cl.Clc1ccc(C2CCC2)cc1. The monoisotopic (exact) mass is 527 g/mol. The van der Waals surface area contributed by atoms with E-state index >= 15 is 0 Å². The van der Waals surface area contributed by atoms with E-state index in [0.29, 0.717) is 16.1 Å². The highest BCUT2D eigenvalue weighted by molar-refractivity contribution is 6.42. The lowest BCUT2D eigenvalue weighted by atomic mass is 9.56. The van der Waals surface area contributed by atoms with Crippen LogP contribution < -0.4 is 5.32 Å². The van der Waals surface area contributed by atoms with Gasteiger partial charge in [0.1, 0.15) is 0 Å². The summed E-state index contributed by atoms with van der Waals surface area (Å²) in [5.41, 5.74) is 3.11. The fourth-order valence-electron chi connectivity index (χ4n) is 6.05. The Hall–Kier alpha value is -0.440. The van der Waals surface area contributed by atoms with Crippen molar-refractivity contribution in [3.63, 3.8) is 0 Å². The number of hydrogen-bond donors (Lipinski definition) is 1. The van der Waals surface area contributed by atoms with Crippen LogP contribution in [0.3, 0.4) is 0 Å². The summed E-state index contributed by atoms with van der Waals surface area (Å²) in [6.45, 7) is 0. The van der Waals surface area contributed by atoms with E-state index in [1.807, 2.05) is 18.2 Å². The summed E-state index contributed by atoms with van der Waals surface area (Å²) in [4.78, 5) is 0. The average molecular weight is 529 g/mol. The van der Waals surface area contributed by atoms with Crippen LogP contribution in [0, 0.1) is 5.92 Å². The summed E-state index contributed by atoms with van der Waals surface area (Å²) in [5, 5.41) is 5.87. The molecule has 1 nitrogen and oxygen atoms in total. The second-order valence-electron chi connectivity index (χ2n) is 9.98. The fourth-order valence-corrected chi connectivity index (χ4v) is 6.47. The summed E-state index contributed by atoms with van der Waals surface area (Å²) in [7, 11) is 2.14. The van der Waals surface area contributed by atoms with E-state index in [-0.39, 0.29) is 17.8 Å². The molecule has 0 radical (unpaired) electrons. The molecule has 0 saturated heterocycles. The molecule has 5 heteroatoms. The van der Waals surface area contributed by atoms with Crippen LogP contribution in [0.4, 0.5) is 0 Å². The van der Waals surface area contributed by atoms with E-state index in [2.05, 4.69) is 36.6 Å². The van der Waals surface area contributed by atoms with Gasteiger partial charge in [0.15, 0.2) is 0 Å². The smallest absolute Gasteiger partial charge is 0.0595 e. The van der Waals surface area contributed by atoms with E-state index in [1.54, 1.807) is 0 Å². The van der Waals surface area contributed by atoms with Crippen LogP contribution in [0.25, 0.3) is 0 Å². The third-order valence-corrected chi connectivity index (χ3v) is 9.21. The highest BCUT2D eigenvalue weighted by Gasteiger charge is 2.47. The number of hydrogen-bond acceptors (Lipinski definition) is 1. The van der Waals surface area contributed by atoms with Crippen LogP contribution in [0.1, 0.15) is 87.7 Å². The highest BCUT2D eigenvalue weighted by atomic mass is 35.5. The molecular weight excluding hydrogens is 492 g/mol. The first kappa shape index (κ1) is 27.2. The molecule has 0 amide bonds. The molecule has 0 spiro atoms. The predicted octanol–water partition coefficient (Wildman–Crippen LogP) is 9.61. The largest absolute Gasteiger partial charge is 0.316 e. The van der Waals surface area contributed by atoms with E-state index in [1.165, 1.54) is 81.8 Å². The molecule has 0 aromatic heterocycles. The van der Waals surface area contributed by atoms with Crippen LogP contribution >= 0.6 is 47.2 Å². The fraction of sp³-hybridized carbons (Fsp3) is 0.571. The zero-order valence-electron chi connectivity index (χ0n) is 19.6. The van der Waals surface area contributed by atoms with Crippen molar-refractivity contribution in [2.24, 2.45) is 5.92 Å². The van der Waals surface area contributed by atoms with Crippen molar-refractivity contribution in [2.45, 2.75) is 88.0 Å². The first-order chi connectivity index (χ1) is 15.5. The maximum atomic E-state index is 6.28. The van der Waals surface area contributed by atoms with Gasteiger partial charge in [-0.1, -0.05) is 85.1 Å². The van der Waals surface area contributed by atoms with Crippen molar-refractivity contribution in [2.75, 3.05) is 7.05 Å². The maximum absolute atomic E-state index is 6.28. The van der Waals surface area contributed by atoms with Crippen molar-refractivity contribution in [1.29, 1.82) is 0 Å². The number of likely N-dealkylation sites (N-methyl/N-ethyl adjacent to an activating group) is 1. The van der Waals surface area contributed by atoms with Gasteiger partial charge >= 0.3 is 0 Å². The van der Waals surface area contributed by atoms with Gasteiger partial charge in [-0.15, -0.1) is 12.4 Å². The molecule has 2 aromatic carbocycles. The molecule has 1 unspecified atom stereocenters.